The number of aromatic nitrogens is 3. The molecule has 0 spiro atoms. The number of carbonyl (C=O) groups is 1. The number of fused-ring (bicyclic) bond motifs is 5. The van der Waals surface area contributed by atoms with Crippen molar-refractivity contribution in [1.29, 1.82) is 0 Å². The predicted molar refractivity (Wildman–Crippen MR) is 104 cm³/mol. The number of H-pyrrole nitrogens is 1. The molecule has 1 N–H and O–H groups in total. The van der Waals surface area contributed by atoms with Crippen LogP contribution in [0.3, 0.4) is 0 Å². The lowest BCUT2D eigenvalue weighted by molar-refractivity contribution is -0.133. The molecule has 2 aliphatic rings. The van der Waals surface area contributed by atoms with Gasteiger partial charge in [0.25, 0.3) is 11.1 Å². The number of pyridine rings is 1. The van der Waals surface area contributed by atoms with Crippen LogP contribution in [0.15, 0.2) is 52.1 Å². The lowest BCUT2D eigenvalue weighted by Crippen LogP contribution is -2.49. The second kappa shape index (κ2) is 6.44. The van der Waals surface area contributed by atoms with E-state index in [4.69, 9.17) is 0 Å². The number of carbonyl (C=O) groups excluding carboxylic acids is 1. The standard InChI is InChI=1S/C21H20N4O3/c26-19-7-3-6-18-14-8-13(11-25(18)19)10-24(12-14)20(27)9-17-15-4-1-2-5-16(15)21(28)23-22-17/h1-7,13-14H,8-12H2,(H,23,28). The van der Waals surface area contributed by atoms with E-state index >= 15 is 0 Å². The number of benzene rings is 1. The fourth-order valence-electron chi connectivity index (χ4n) is 4.66. The topological polar surface area (TPSA) is 88.1 Å². The van der Waals surface area contributed by atoms with Crippen LogP contribution in [0, 0.1) is 5.92 Å². The maximum Gasteiger partial charge on any atom is 0.272 e. The Morgan fingerprint density at radius 1 is 1.04 bits per heavy atom. The van der Waals surface area contributed by atoms with Crippen molar-refractivity contribution in [3.05, 3.63) is 74.6 Å². The van der Waals surface area contributed by atoms with E-state index < -0.39 is 0 Å². The van der Waals surface area contributed by atoms with Crippen molar-refractivity contribution in [3.8, 4) is 0 Å². The Morgan fingerprint density at radius 3 is 2.71 bits per heavy atom. The number of rotatable bonds is 2. The third-order valence-corrected chi connectivity index (χ3v) is 5.93. The minimum absolute atomic E-state index is 0.00568. The fraction of sp³-hybridized carbons (Fsp3) is 0.333. The molecule has 0 radical (unpaired) electrons. The third-order valence-electron chi connectivity index (χ3n) is 5.93. The molecule has 7 heteroatoms. The maximum absolute atomic E-state index is 13.0. The van der Waals surface area contributed by atoms with Gasteiger partial charge in [0.2, 0.25) is 5.91 Å². The first kappa shape index (κ1) is 16.9. The van der Waals surface area contributed by atoms with Crippen molar-refractivity contribution in [2.24, 2.45) is 5.92 Å². The first-order chi connectivity index (χ1) is 13.6. The average molecular weight is 376 g/mol. The Kier molecular flexibility index (Phi) is 3.89. The van der Waals surface area contributed by atoms with Crippen molar-refractivity contribution in [1.82, 2.24) is 19.7 Å². The Hall–Kier alpha value is -3.22. The highest BCUT2D eigenvalue weighted by Gasteiger charge is 2.36. The molecule has 2 bridgehead atoms. The molecule has 0 aliphatic carbocycles. The van der Waals surface area contributed by atoms with E-state index in [1.807, 2.05) is 27.7 Å². The van der Waals surface area contributed by atoms with Crippen LogP contribution in [0.25, 0.3) is 10.8 Å². The van der Waals surface area contributed by atoms with E-state index in [1.165, 1.54) is 0 Å². The van der Waals surface area contributed by atoms with Crippen LogP contribution in [-0.4, -0.2) is 38.7 Å². The van der Waals surface area contributed by atoms with Gasteiger partial charge < -0.3 is 9.47 Å². The number of hydrogen-bond donors (Lipinski definition) is 1. The zero-order valence-electron chi connectivity index (χ0n) is 15.3. The van der Waals surface area contributed by atoms with Crippen molar-refractivity contribution in [3.63, 3.8) is 0 Å². The van der Waals surface area contributed by atoms with Gasteiger partial charge in [-0.05, 0) is 24.5 Å². The Labute approximate surface area is 160 Å². The van der Waals surface area contributed by atoms with Crippen LogP contribution in [0.4, 0.5) is 0 Å². The minimum Gasteiger partial charge on any atom is -0.341 e. The number of nitrogens with one attached hydrogen (secondary N) is 1. The highest BCUT2D eigenvalue weighted by atomic mass is 16.2. The van der Waals surface area contributed by atoms with Crippen LogP contribution in [0.2, 0.25) is 0 Å². The number of piperidine rings is 1. The molecule has 1 amide bonds. The predicted octanol–water partition coefficient (Wildman–Crippen LogP) is 1.27. The summed E-state index contributed by atoms with van der Waals surface area (Å²) in [6, 6.07) is 12.6. The number of nitrogens with zero attached hydrogens (tertiary/aromatic N) is 3. The van der Waals surface area contributed by atoms with Crippen LogP contribution in [0.1, 0.15) is 23.7 Å². The van der Waals surface area contributed by atoms with Crippen molar-refractivity contribution >= 4 is 16.7 Å². The van der Waals surface area contributed by atoms with Gasteiger partial charge in [-0.2, -0.15) is 5.10 Å². The molecule has 3 aromatic rings. The summed E-state index contributed by atoms with van der Waals surface area (Å²) in [5, 5.41) is 7.89. The lowest BCUT2D eigenvalue weighted by Gasteiger charge is -2.42. The SMILES string of the molecule is O=C(Cc1n[nH]c(=O)c2ccccc12)N1CC2CC(C1)c1cccc(=O)n1C2. The molecule has 1 saturated heterocycles. The Balaban J connectivity index is 1.42. The molecule has 2 unspecified atom stereocenters. The molecule has 0 saturated carbocycles. The fourth-order valence-corrected chi connectivity index (χ4v) is 4.66. The van der Waals surface area contributed by atoms with Crippen LogP contribution in [0.5, 0.6) is 0 Å². The largest absolute Gasteiger partial charge is 0.341 e. The van der Waals surface area contributed by atoms with Gasteiger partial charge in [-0.25, -0.2) is 5.10 Å². The summed E-state index contributed by atoms with van der Waals surface area (Å²) in [7, 11) is 0. The Bertz CT molecular complexity index is 1200. The molecule has 142 valence electrons. The zero-order valence-corrected chi connectivity index (χ0v) is 15.3. The summed E-state index contributed by atoms with van der Waals surface area (Å²) < 4.78 is 1.86. The first-order valence-corrected chi connectivity index (χ1v) is 9.54. The van der Waals surface area contributed by atoms with E-state index in [2.05, 4.69) is 10.2 Å². The zero-order chi connectivity index (χ0) is 19.3. The summed E-state index contributed by atoms with van der Waals surface area (Å²) >= 11 is 0. The van der Waals surface area contributed by atoms with Gasteiger partial charge in [-0.1, -0.05) is 24.3 Å². The molecule has 1 fully saturated rings. The number of amides is 1. The second-order valence-electron chi connectivity index (χ2n) is 7.72. The van der Waals surface area contributed by atoms with Crippen molar-refractivity contribution in [2.45, 2.75) is 25.3 Å². The molecular weight excluding hydrogens is 356 g/mol. The van der Waals surface area contributed by atoms with Gasteiger partial charge in [0.1, 0.15) is 0 Å². The molecule has 2 atom stereocenters. The van der Waals surface area contributed by atoms with Crippen LogP contribution >= 0.6 is 0 Å². The van der Waals surface area contributed by atoms with E-state index in [9.17, 15) is 14.4 Å². The minimum atomic E-state index is -0.249. The summed E-state index contributed by atoms with van der Waals surface area (Å²) in [4.78, 5) is 39.0. The van der Waals surface area contributed by atoms with Gasteiger partial charge in [0.05, 0.1) is 17.5 Å². The number of aromatic amines is 1. The van der Waals surface area contributed by atoms with Gasteiger partial charge >= 0.3 is 0 Å². The number of likely N-dealkylation sites (tertiary alicyclic amines) is 1. The van der Waals surface area contributed by atoms with Gasteiger partial charge in [0, 0.05) is 42.7 Å². The molecule has 28 heavy (non-hydrogen) atoms. The van der Waals surface area contributed by atoms with E-state index in [0.29, 0.717) is 36.1 Å². The van der Waals surface area contributed by atoms with Crippen LogP contribution < -0.4 is 11.1 Å². The monoisotopic (exact) mass is 376 g/mol. The van der Waals surface area contributed by atoms with Crippen LogP contribution in [-0.2, 0) is 17.8 Å². The molecule has 5 rings (SSSR count). The lowest BCUT2D eigenvalue weighted by atomic mass is 9.83. The summed E-state index contributed by atoms with van der Waals surface area (Å²) in [6.45, 7) is 1.92. The van der Waals surface area contributed by atoms with E-state index in [0.717, 1.165) is 12.1 Å². The first-order valence-electron chi connectivity index (χ1n) is 9.54. The molecule has 2 aromatic heterocycles. The van der Waals surface area contributed by atoms with Gasteiger partial charge in [0.15, 0.2) is 0 Å². The van der Waals surface area contributed by atoms with Crippen molar-refractivity contribution in [2.75, 3.05) is 13.1 Å². The molecule has 2 aliphatic heterocycles. The molecule has 4 heterocycles. The number of hydrogen-bond acceptors (Lipinski definition) is 4. The molecular formula is C21H20N4O3. The van der Waals surface area contributed by atoms with E-state index in [1.54, 1.807) is 24.3 Å². The third kappa shape index (κ3) is 2.74. The van der Waals surface area contributed by atoms with Crippen molar-refractivity contribution < 1.29 is 4.79 Å². The molecule has 7 nitrogen and oxygen atoms in total. The normalized spacial score (nSPS) is 20.8. The summed E-state index contributed by atoms with van der Waals surface area (Å²) in [5.74, 6) is 0.479. The summed E-state index contributed by atoms with van der Waals surface area (Å²) in [5.41, 5.74) is 1.40. The Morgan fingerprint density at radius 2 is 1.86 bits per heavy atom. The smallest absolute Gasteiger partial charge is 0.272 e. The second-order valence-corrected chi connectivity index (χ2v) is 7.72. The molecule has 1 aromatic carbocycles. The van der Waals surface area contributed by atoms with Gasteiger partial charge in [-0.3, -0.25) is 14.4 Å². The quantitative estimate of drug-likeness (QED) is 0.730. The highest BCUT2D eigenvalue weighted by molar-refractivity contribution is 5.88. The summed E-state index contributed by atoms with van der Waals surface area (Å²) in [6.07, 6.45) is 1.16. The highest BCUT2D eigenvalue weighted by Crippen LogP contribution is 2.35. The maximum atomic E-state index is 13.0. The average Bonchev–Trinajstić information content (AvgIpc) is 2.71. The van der Waals surface area contributed by atoms with Gasteiger partial charge in [-0.15, -0.1) is 0 Å². The van der Waals surface area contributed by atoms with E-state index in [-0.39, 0.29) is 35.3 Å².